The number of nitrogens with two attached hydrogens (primary N) is 1. The predicted octanol–water partition coefficient (Wildman–Crippen LogP) is 0.522. The van der Waals surface area contributed by atoms with E-state index >= 15 is 0 Å². The van der Waals surface area contributed by atoms with Crippen LogP contribution in [0.5, 0.6) is 0 Å². The Morgan fingerprint density at radius 2 is 2.46 bits per heavy atom. The van der Waals surface area contributed by atoms with Crippen LogP contribution in [0.25, 0.3) is 0 Å². The van der Waals surface area contributed by atoms with E-state index in [9.17, 15) is 4.79 Å². The van der Waals surface area contributed by atoms with Crippen LogP contribution in [0.3, 0.4) is 0 Å². The number of carboxylic acid groups (broad SMARTS) is 1. The lowest BCUT2D eigenvalue weighted by atomic mass is 10.1. The molecule has 0 aromatic heterocycles. The normalized spacial score (nSPS) is 29.9. The second kappa shape index (κ2) is 4.39. The van der Waals surface area contributed by atoms with Crippen molar-refractivity contribution in [3.8, 4) is 0 Å². The average Bonchev–Trinajstić information content (AvgIpc) is 2.52. The van der Waals surface area contributed by atoms with Gasteiger partial charge in [0.15, 0.2) is 0 Å². The Hall–Kier alpha value is -0.870. The Bertz CT molecular complexity index is 205. The molecule has 1 aliphatic heterocycles. The van der Waals surface area contributed by atoms with Gasteiger partial charge in [-0.25, -0.2) is 0 Å². The number of hydrogen-bond acceptors (Lipinski definition) is 3. The maximum Gasteiger partial charge on any atom is 0.323 e. The van der Waals surface area contributed by atoms with Gasteiger partial charge in [0.2, 0.25) is 0 Å². The Morgan fingerprint density at radius 3 is 3.00 bits per heavy atom. The molecule has 0 bridgehead atoms. The number of rotatable bonds is 4. The summed E-state index contributed by atoms with van der Waals surface area (Å²) in [6.07, 6.45) is 3.92. The van der Waals surface area contributed by atoms with Gasteiger partial charge in [-0.15, -0.1) is 6.58 Å². The summed E-state index contributed by atoms with van der Waals surface area (Å²) in [5.41, 5.74) is 5.43. The fraction of sp³-hybridized carbons (Fsp3) is 0.667. The third kappa shape index (κ3) is 2.54. The zero-order chi connectivity index (χ0) is 9.84. The molecule has 0 aromatic carbocycles. The quantitative estimate of drug-likeness (QED) is 0.626. The summed E-state index contributed by atoms with van der Waals surface area (Å²) in [6, 6.07) is -0.894. The molecule has 4 nitrogen and oxygen atoms in total. The standard InChI is InChI=1S/C9H15NO3/c1-2-3-6-4-5-7(13-6)8(10)9(11)12/h2,6-8H,1,3-5,10H2,(H,11,12). The number of carboxylic acids is 1. The lowest BCUT2D eigenvalue weighted by molar-refractivity contribution is -0.142. The molecule has 0 radical (unpaired) electrons. The molecular weight excluding hydrogens is 170 g/mol. The number of aliphatic carboxylic acids is 1. The van der Waals surface area contributed by atoms with Crippen molar-refractivity contribution < 1.29 is 14.6 Å². The van der Waals surface area contributed by atoms with Crippen LogP contribution in [0.4, 0.5) is 0 Å². The van der Waals surface area contributed by atoms with Crippen molar-refractivity contribution in [1.29, 1.82) is 0 Å². The van der Waals surface area contributed by atoms with E-state index in [-0.39, 0.29) is 12.2 Å². The highest BCUT2D eigenvalue weighted by molar-refractivity contribution is 5.73. The topological polar surface area (TPSA) is 72.6 Å². The monoisotopic (exact) mass is 185 g/mol. The number of hydrogen-bond donors (Lipinski definition) is 2. The van der Waals surface area contributed by atoms with Crippen molar-refractivity contribution in [2.75, 3.05) is 0 Å². The second-order valence-electron chi connectivity index (χ2n) is 3.26. The molecule has 1 aliphatic rings. The van der Waals surface area contributed by atoms with Gasteiger partial charge in [0, 0.05) is 0 Å². The average molecular weight is 185 g/mol. The molecule has 1 saturated heterocycles. The van der Waals surface area contributed by atoms with E-state index in [2.05, 4.69) is 6.58 Å². The first kappa shape index (κ1) is 10.2. The highest BCUT2D eigenvalue weighted by Gasteiger charge is 2.32. The number of carbonyl (C=O) groups is 1. The summed E-state index contributed by atoms with van der Waals surface area (Å²) in [5, 5.41) is 8.63. The summed E-state index contributed by atoms with van der Waals surface area (Å²) < 4.78 is 5.45. The zero-order valence-corrected chi connectivity index (χ0v) is 7.48. The lowest BCUT2D eigenvalue weighted by Crippen LogP contribution is -2.41. The minimum absolute atomic E-state index is 0.105. The Labute approximate surface area is 77.4 Å². The van der Waals surface area contributed by atoms with E-state index in [0.29, 0.717) is 0 Å². The fourth-order valence-electron chi connectivity index (χ4n) is 1.52. The zero-order valence-electron chi connectivity index (χ0n) is 7.48. The van der Waals surface area contributed by atoms with E-state index in [1.807, 2.05) is 0 Å². The van der Waals surface area contributed by atoms with Gasteiger partial charge in [0.25, 0.3) is 0 Å². The van der Waals surface area contributed by atoms with Crippen LogP contribution in [-0.2, 0) is 9.53 Å². The Kier molecular flexibility index (Phi) is 3.45. The van der Waals surface area contributed by atoms with Crippen LogP contribution in [0, 0.1) is 0 Å². The lowest BCUT2D eigenvalue weighted by Gasteiger charge is -2.15. The molecule has 1 rings (SSSR count). The molecule has 1 fully saturated rings. The number of ether oxygens (including phenoxy) is 1. The van der Waals surface area contributed by atoms with E-state index in [1.54, 1.807) is 6.08 Å². The van der Waals surface area contributed by atoms with E-state index in [4.69, 9.17) is 15.6 Å². The molecule has 0 spiro atoms. The minimum Gasteiger partial charge on any atom is -0.480 e. The summed E-state index contributed by atoms with van der Waals surface area (Å²) >= 11 is 0. The molecule has 0 aromatic rings. The van der Waals surface area contributed by atoms with Crippen molar-refractivity contribution in [1.82, 2.24) is 0 Å². The molecule has 3 N–H and O–H groups in total. The molecule has 13 heavy (non-hydrogen) atoms. The van der Waals surface area contributed by atoms with Crippen molar-refractivity contribution in [3.63, 3.8) is 0 Å². The summed E-state index contributed by atoms with van der Waals surface area (Å²) in [7, 11) is 0. The van der Waals surface area contributed by atoms with Crippen molar-refractivity contribution in [2.24, 2.45) is 5.73 Å². The fourth-order valence-corrected chi connectivity index (χ4v) is 1.52. The summed E-state index contributed by atoms with van der Waals surface area (Å²) in [6.45, 7) is 3.60. The molecule has 1 heterocycles. The second-order valence-corrected chi connectivity index (χ2v) is 3.26. The molecule has 4 heteroatoms. The third-order valence-corrected chi connectivity index (χ3v) is 2.26. The first-order valence-corrected chi connectivity index (χ1v) is 4.40. The molecule has 74 valence electrons. The first-order chi connectivity index (χ1) is 6.15. The van der Waals surface area contributed by atoms with Gasteiger partial charge in [-0.2, -0.15) is 0 Å². The maximum absolute atomic E-state index is 10.5. The van der Waals surface area contributed by atoms with Gasteiger partial charge in [-0.3, -0.25) is 4.79 Å². The van der Waals surface area contributed by atoms with Crippen LogP contribution in [0.2, 0.25) is 0 Å². The Morgan fingerprint density at radius 1 is 1.77 bits per heavy atom. The van der Waals surface area contributed by atoms with Crippen LogP contribution in [-0.4, -0.2) is 29.3 Å². The molecule has 0 saturated carbocycles. The first-order valence-electron chi connectivity index (χ1n) is 4.40. The Balaban J connectivity index is 2.40. The van der Waals surface area contributed by atoms with Crippen molar-refractivity contribution >= 4 is 5.97 Å². The van der Waals surface area contributed by atoms with E-state index in [1.165, 1.54) is 0 Å². The van der Waals surface area contributed by atoms with Crippen LogP contribution in [0.1, 0.15) is 19.3 Å². The molecule has 3 unspecified atom stereocenters. The van der Waals surface area contributed by atoms with Crippen LogP contribution in [0.15, 0.2) is 12.7 Å². The largest absolute Gasteiger partial charge is 0.480 e. The van der Waals surface area contributed by atoms with Gasteiger partial charge < -0.3 is 15.6 Å². The van der Waals surface area contributed by atoms with E-state index in [0.717, 1.165) is 19.3 Å². The van der Waals surface area contributed by atoms with Gasteiger partial charge in [-0.1, -0.05) is 6.08 Å². The van der Waals surface area contributed by atoms with E-state index < -0.39 is 12.0 Å². The third-order valence-electron chi connectivity index (χ3n) is 2.26. The van der Waals surface area contributed by atoms with Gasteiger partial charge in [-0.05, 0) is 19.3 Å². The molecule has 0 amide bonds. The highest BCUT2D eigenvalue weighted by atomic mass is 16.5. The maximum atomic E-state index is 10.5. The van der Waals surface area contributed by atoms with Crippen molar-refractivity contribution in [3.05, 3.63) is 12.7 Å². The summed E-state index contributed by atoms with van der Waals surface area (Å²) in [4.78, 5) is 10.5. The van der Waals surface area contributed by atoms with Crippen LogP contribution < -0.4 is 5.73 Å². The van der Waals surface area contributed by atoms with Gasteiger partial charge in [0.1, 0.15) is 6.04 Å². The molecular formula is C9H15NO3. The predicted molar refractivity (Wildman–Crippen MR) is 48.3 cm³/mol. The minimum atomic E-state index is -0.996. The summed E-state index contributed by atoms with van der Waals surface area (Å²) in [5.74, 6) is -0.996. The SMILES string of the molecule is C=CCC1CCC(C(N)C(=O)O)O1. The smallest absolute Gasteiger partial charge is 0.323 e. The molecule has 3 atom stereocenters. The van der Waals surface area contributed by atoms with Gasteiger partial charge in [0.05, 0.1) is 12.2 Å². The van der Waals surface area contributed by atoms with Gasteiger partial charge >= 0.3 is 5.97 Å². The van der Waals surface area contributed by atoms with Crippen molar-refractivity contribution in [2.45, 2.75) is 37.5 Å². The molecule has 0 aliphatic carbocycles. The van der Waals surface area contributed by atoms with Crippen LogP contribution >= 0.6 is 0 Å². The highest BCUT2D eigenvalue weighted by Crippen LogP contribution is 2.23.